The van der Waals surface area contributed by atoms with Crippen LogP contribution in [-0.4, -0.2) is 22.6 Å². The van der Waals surface area contributed by atoms with Crippen LogP contribution in [-0.2, 0) is 14.3 Å². The molecule has 0 aromatic rings. The van der Waals surface area contributed by atoms with Crippen LogP contribution in [0.5, 0.6) is 0 Å². The van der Waals surface area contributed by atoms with Gasteiger partial charge >= 0.3 is 11.9 Å². The Kier molecular flexibility index (Phi) is 8.07. The molecular formula is C19H34O4. The molecule has 1 saturated carbocycles. The van der Waals surface area contributed by atoms with Gasteiger partial charge in [0.25, 0.3) is 0 Å². The highest BCUT2D eigenvalue weighted by Crippen LogP contribution is 2.32. The number of carboxylic acids is 1. The molecule has 1 rings (SSSR count). The van der Waals surface area contributed by atoms with Crippen molar-refractivity contribution in [1.29, 1.82) is 0 Å². The molecule has 0 saturated heterocycles. The van der Waals surface area contributed by atoms with Crippen molar-refractivity contribution in [2.45, 2.75) is 91.1 Å². The molecule has 4 nitrogen and oxygen atoms in total. The van der Waals surface area contributed by atoms with Crippen molar-refractivity contribution in [2.75, 3.05) is 0 Å². The molecule has 0 aromatic heterocycles. The van der Waals surface area contributed by atoms with Crippen molar-refractivity contribution in [2.24, 2.45) is 17.8 Å². The van der Waals surface area contributed by atoms with Gasteiger partial charge in [-0.25, -0.2) is 0 Å². The highest BCUT2D eigenvalue weighted by atomic mass is 16.6. The molecule has 1 fully saturated rings. The lowest BCUT2D eigenvalue weighted by Crippen LogP contribution is -2.34. The Balaban J connectivity index is 2.34. The molecule has 1 aliphatic rings. The second kappa shape index (κ2) is 9.29. The lowest BCUT2D eigenvalue weighted by molar-refractivity contribution is -0.164. The Labute approximate surface area is 141 Å². The number of carboxylic acid groups (broad SMARTS) is 1. The summed E-state index contributed by atoms with van der Waals surface area (Å²) in [4.78, 5) is 23.5. The van der Waals surface area contributed by atoms with Gasteiger partial charge in [0.2, 0.25) is 0 Å². The van der Waals surface area contributed by atoms with Gasteiger partial charge in [-0.1, -0.05) is 39.5 Å². The number of rotatable bonds is 9. The zero-order valence-corrected chi connectivity index (χ0v) is 15.3. The molecule has 0 aliphatic heterocycles. The van der Waals surface area contributed by atoms with Crippen LogP contribution in [0.2, 0.25) is 0 Å². The summed E-state index contributed by atoms with van der Waals surface area (Å²) >= 11 is 0. The van der Waals surface area contributed by atoms with Crippen LogP contribution in [0, 0.1) is 17.8 Å². The first-order chi connectivity index (χ1) is 10.7. The van der Waals surface area contributed by atoms with E-state index in [1.54, 1.807) is 0 Å². The Morgan fingerprint density at radius 3 is 2.39 bits per heavy atom. The molecule has 2 atom stereocenters. The molecule has 0 bridgehead atoms. The number of carbonyl (C=O) groups excluding carboxylic acids is 1. The summed E-state index contributed by atoms with van der Waals surface area (Å²) in [7, 11) is 0. The molecule has 1 N–H and O–H groups in total. The van der Waals surface area contributed by atoms with Gasteiger partial charge in [-0.3, -0.25) is 9.59 Å². The minimum Gasteiger partial charge on any atom is -0.481 e. The van der Waals surface area contributed by atoms with E-state index < -0.39 is 11.6 Å². The van der Waals surface area contributed by atoms with Gasteiger partial charge in [0, 0.05) is 0 Å². The molecule has 0 aromatic carbocycles. The van der Waals surface area contributed by atoms with Crippen LogP contribution >= 0.6 is 0 Å². The van der Waals surface area contributed by atoms with Crippen LogP contribution in [0.4, 0.5) is 0 Å². The molecule has 2 unspecified atom stereocenters. The minimum atomic E-state index is -0.785. The fourth-order valence-corrected chi connectivity index (χ4v) is 3.31. The fourth-order valence-electron chi connectivity index (χ4n) is 3.31. The SMILES string of the molecule is CC(C)CCCCCC(C)(C)OC(=O)C1CCCC(C(=O)O)C1. The van der Waals surface area contributed by atoms with Crippen molar-refractivity contribution < 1.29 is 19.4 Å². The van der Waals surface area contributed by atoms with E-state index >= 15 is 0 Å². The van der Waals surface area contributed by atoms with E-state index in [4.69, 9.17) is 9.84 Å². The summed E-state index contributed by atoms with van der Waals surface area (Å²) in [6, 6.07) is 0. The maximum Gasteiger partial charge on any atom is 0.309 e. The monoisotopic (exact) mass is 326 g/mol. The fraction of sp³-hybridized carbons (Fsp3) is 0.895. The molecule has 0 heterocycles. The Bertz CT molecular complexity index is 387. The number of ether oxygens (including phenoxy) is 1. The highest BCUT2D eigenvalue weighted by molar-refractivity contribution is 5.75. The smallest absolute Gasteiger partial charge is 0.309 e. The summed E-state index contributed by atoms with van der Waals surface area (Å²) in [5, 5.41) is 9.12. The third-order valence-corrected chi connectivity index (χ3v) is 4.79. The summed E-state index contributed by atoms with van der Waals surface area (Å²) < 4.78 is 5.70. The average molecular weight is 326 g/mol. The van der Waals surface area contributed by atoms with Crippen molar-refractivity contribution in [3.63, 3.8) is 0 Å². The van der Waals surface area contributed by atoms with Gasteiger partial charge < -0.3 is 9.84 Å². The summed E-state index contributed by atoms with van der Waals surface area (Å²) in [6.45, 7) is 8.40. The van der Waals surface area contributed by atoms with Crippen molar-refractivity contribution >= 4 is 11.9 Å². The molecule has 0 amide bonds. The van der Waals surface area contributed by atoms with E-state index in [2.05, 4.69) is 13.8 Å². The lowest BCUT2D eigenvalue weighted by atomic mass is 9.81. The first-order valence-corrected chi connectivity index (χ1v) is 9.17. The lowest BCUT2D eigenvalue weighted by Gasteiger charge is -2.30. The number of hydrogen-bond donors (Lipinski definition) is 1. The first-order valence-electron chi connectivity index (χ1n) is 9.17. The van der Waals surface area contributed by atoms with E-state index in [0.29, 0.717) is 12.8 Å². The number of unbranched alkanes of at least 4 members (excludes halogenated alkanes) is 2. The van der Waals surface area contributed by atoms with E-state index in [1.165, 1.54) is 19.3 Å². The normalized spacial score (nSPS) is 22.1. The number of carbonyl (C=O) groups is 2. The standard InChI is InChI=1S/C19H34O4/c1-14(2)9-6-5-7-12-19(3,4)23-18(22)16-11-8-10-15(13-16)17(20)21/h14-16H,5-13H2,1-4H3,(H,20,21). The largest absolute Gasteiger partial charge is 0.481 e. The number of aliphatic carboxylic acids is 1. The first kappa shape index (κ1) is 20.0. The van der Waals surface area contributed by atoms with Crippen molar-refractivity contribution in [1.82, 2.24) is 0 Å². The Hall–Kier alpha value is -1.06. The van der Waals surface area contributed by atoms with Crippen molar-refractivity contribution in [3.05, 3.63) is 0 Å². The second-order valence-corrected chi connectivity index (χ2v) is 8.07. The third-order valence-electron chi connectivity index (χ3n) is 4.79. The second-order valence-electron chi connectivity index (χ2n) is 8.07. The number of hydrogen-bond acceptors (Lipinski definition) is 3. The predicted octanol–water partition coefficient (Wildman–Crippen LogP) is 4.81. The molecule has 0 radical (unpaired) electrons. The molecular weight excluding hydrogens is 292 g/mol. The topological polar surface area (TPSA) is 63.6 Å². The predicted molar refractivity (Wildman–Crippen MR) is 91.2 cm³/mol. The van der Waals surface area contributed by atoms with Crippen LogP contribution in [0.1, 0.15) is 85.5 Å². The Morgan fingerprint density at radius 1 is 1.13 bits per heavy atom. The van der Waals surface area contributed by atoms with Crippen LogP contribution in [0.25, 0.3) is 0 Å². The minimum absolute atomic E-state index is 0.205. The summed E-state index contributed by atoms with van der Waals surface area (Å²) in [5.74, 6) is -0.880. The van der Waals surface area contributed by atoms with Gasteiger partial charge in [0.05, 0.1) is 11.8 Å². The molecule has 0 spiro atoms. The average Bonchev–Trinajstić information content (AvgIpc) is 2.46. The van der Waals surface area contributed by atoms with E-state index in [1.807, 2.05) is 13.8 Å². The van der Waals surface area contributed by atoms with Crippen LogP contribution in [0.15, 0.2) is 0 Å². The van der Waals surface area contributed by atoms with E-state index in [9.17, 15) is 9.59 Å². The Morgan fingerprint density at radius 2 is 1.78 bits per heavy atom. The molecule has 134 valence electrons. The molecule has 1 aliphatic carbocycles. The van der Waals surface area contributed by atoms with Gasteiger partial charge in [0.15, 0.2) is 0 Å². The molecule has 23 heavy (non-hydrogen) atoms. The van der Waals surface area contributed by atoms with Gasteiger partial charge in [-0.05, 0) is 51.9 Å². The van der Waals surface area contributed by atoms with Crippen molar-refractivity contribution in [3.8, 4) is 0 Å². The maximum atomic E-state index is 12.3. The quantitative estimate of drug-likeness (QED) is 0.488. The zero-order valence-electron chi connectivity index (χ0n) is 15.3. The van der Waals surface area contributed by atoms with E-state index in [-0.39, 0.29) is 17.8 Å². The third kappa shape index (κ3) is 7.85. The zero-order chi connectivity index (χ0) is 17.5. The van der Waals surface area contributed by atoms with Crippen LogP contribution < -0.4 is 0 Å². The molecule has 4 heteroatoms. The highest BCUT2D eigenvalue weighted by Gasteiger charge is 2.34. The number of esters is 1. The van der Waals surface area contributed by atoms with Crippen LogP contribution in [0.3, 0.4) is 0 Å². The summed E-state index contributed by atoms with van der Waals surface area (Å²) in [6.07, 6.45) is 8.24. The maximum absolute atomic E-state index is 12.3. The van der Waals surface area contributed by atoms with Gasteiger partial charge in [-0.2, -0.15) is 0 Å². The van der Waals surface area contributed by atoms with Gasteiger partial charge in [-0.15, -0.1) is 0 Å². The van der Waals surface area contributed by atoms with Gasteiger partial charge in [0.1, 0.15) is 5.60 Å². The summed E-state index contributed by atoms with van der Waals surface area (Å²) in [5.41, 5.74) is -0.453. The van der Waals surface area contributed by atoms with E-state index in [0.717, 1.165) is 31.6 Å².